The lowest BCUT2D eigenvalue weighted by Gasteiger charge is -2.11. The van der Waals surface area contributed by atoms with Crippen molar-refractivity contribution in [1.82, 2.24) is 4.98 Å². The Morgan fingerprint density at radius 2 is 2.10 bits per heavy atom. The van der Waals surface area contributed by atoms with Crippen LogP contribution in [0.25, 0.3) is 10.2 Å². The van der Waals surface area contributed by atoms with Gasteiger partial charge in [-0.25, -0.2) is 9.37 Å². The van der Waals surface area contributed by atoms with Gasteiger partial charge in [0.2, 0.25) is 0 Å². The number of rotatable bonds is 4. The topological polar surface area (TPSA) is 48.1 Å². The Labute approximate surface area is 126 Å². The lowest BCUT2D eigenvalue weighted by molar-refractivity contribution is 0.386. The molecule has 1 heterocycles. The molecule has 5 heteroatoms. The van der Waals surface area contributed by atoms with E-state index in [4.69, 9.17) is 10.5 Å². The zero-order valence-electron chi connectivity index (χ0n) is 11.5. The normalized spacial score (nSPS) is 12.5. The fourth-order valence-corrected chi connectivity index (χ4v) is 3.25. The van der Waals surface area contributed by atoms with Gasteiger partial charge < -0.3 is 10.5 Å². The molecule has 0 fully saturated rings. The van der Waals surface area contributed by atoms with Crippen molar-refractivity contribution < 1.29 is 9.13 Å². The number of halogens is 1. The summed E-state index contributed by atoms with van der Waals surface area (Å²) in [6.45, 7) is 0. The smallest absolute Gasteiger partial charge is 0.165 e. The third kappa shape index (κ3) is 2.89. The molecule has 0 aliphatic rings. The molecule has 2 aromatic carbocycles. The quantitative estimate of drug-likeness (QED) is 0.799. The van der Waals surface area contributed by atoms with Crippen molar-refractivity contribution in [3.8, 4) is 5.75 Å². The van der Waals surface area contributed by atoms with Gasteiger partial charge in [0.25, 0.3) is 0 Å². The van der Waals surface area contributed by atoms with Gasteiger partial charge >= 0.3 is 0 Å². The number of nitrogens with two attached hydrogens (primary N) is 1. The minimum atomic E-state index is -0.394. The predicted molar refractivity (Wildman–Crippen MR) is 83.2 cm³/mol. The van der Waals surface area contributed by atoms with E-state index in [-0.39, 0.29) is 11.8 Å². The monoisotopic (exact) mass is 302 g/mol. The van der Waals surface area contributed by atoms with E-state index in [9.17, 15) is 4.39 Å². The minimum absolute atomic E-state index is 0.228. The van der Waals surface area contributed by atoms with E-state index in [1.165, 1.54) is 13.2 Å². The van der Waals surface area contributed by atoms with Crippen LogP contribution >= 0.6 is 11.3 Å². The Hall–Kier alpha value is -1.98. The van der Waals surface area contributed by atoms with Crippen LogP contribution in [0.5, 0.6) is 5.75 Å². The summed E-state index contributed by atoms with van der Waals surface area (Å²) < 4.78 is 19.8. The summed E-state index contributed by atoms with van der Waals surface area (Å²) in [5.41, 5.74) is 7.89. The molecular weight excluding hydrogens is 287 g/mol. The van der Waals surface area contributed by atoms with Crippen molar-refractivity contribution >= 4 is 21.6 Å². The molecule has 0 spiro atoms. The van der Waals surface area contributed by atoms with Crippen LogP contribution in [0.1, 0.15) is 16.6 Å². The Morgan fingerprint density at radius 1 is 1.29 bits per heavy atom. The van der Waals surface area contributed by atoms with Gasteiger partial charge in [-0.15, -0.1) is 11.3 Å². The van der Waals surface area contributed by atoms with Crippen LogP contribution in [0, 0.1) is 5.82 Å². The van der Waals surface area contributed by atoms with E-state index in [0.29, 0.717) is 6.42 Å². The van der Waals surface area contributed by atoms with Crippen LogP contribution in [0.3, 0.4) is 0 Å². The molecule has 3 rings (SSSR count). The maximum Gasteiger partial charge on any atom is 0.165 e. The van der Waals surface area contributed by atoms with Crippen LogP contribution in [-0.4, -0.2) is 12.1 Å². The number of thiazole rings is 1. The average molecular weight is 302 g/mol. The Balaban J connectivity index is 1.82. The summed E-state index contributed by atoms with van der Waals surface area (Å²) >= 11 is 1.62. The standard InChI is InChI=1S/C16H15FN2OS/c1-20-14-7-6-10(8-11(14)17)12(18)9-16-19-13-4-2-3-5-15(13)21-16/h2-8,12H,9,18H2,1H3. The largest absolute Gasteiger partial charge is 0.494 e. The SMILES string of the molecule is COc1ccc(C(N)Cc2nc3ccccc3s2)cc1F. The molecule has 0 saturated carbocycles. The molecule has 108 valence electrons. The van der Waals surface area contributed by atoms with Gasteiger partial charge in [0.05, 0.1) is 22.3 Å². The molecule has 0 saturated heterocycles. The number of fused-ring (bicyclic) bond motifs is 1. The lowest BCUT2D eigenvalue weighted by Crippen LogP contribution is -2.13. The molecule has 21 heavy (non-hydrogen) atoms. The third-order valence-corrected chi connectivity index (χ3v) is 4.40. The number of nitrogens with zero attached hydrogens (tertiary/aromatic N) is 1. The second kappa shape index (κ2) is 5.79. The van der Waals surface area contributed by atoms with Crippen LogP contribution in [-0.2, 0) is 6.42 Å². The molecule has 0 aliphatic heterocycles. The van der Waals surface area contributed by atoms with Gasteiger partial charge in [0, 0.05) is 12.5 Å². The van der Waals surface area contributed by atoms with Crippen molar-refractivity contribution in [1.29, 1.82) is 0 Å². The van der Waals surface area contributed by atoms with E-state index < -0.39 is 5.82 Å². The molecule has 1 unspecified atom stereocenters. The van der Waals surface area contributed by atoms with Gasteiger partial charge in [-0.2, -0.15) is 0 Å². The highest BCUT2D eigenvalue weighted by atomic mass is 32.1. The highest BCUT2D eigenvalue weighted by Gasteiger charge is 2.13. The highest BCUT2D eigenvalue weighted by molar-refractivity contribution is 7.18. The molecule has 0 aliphatic carbocycles. The van der Waals surface area contributed by atoms with E-state index in [0.717, 1.165) is 20.8 Å². The van der Waals surface area contributed by atoms with Gasteiger partial charge in [-0.05, 0) is 29.8 Å². The number of ether oxygens (including phenoxy) is 1. The number of hydrogen-bond donors (Lipinski definition) is 1. The lowest BCUT2D eigenvalue weighted by atomic mass is 10.0. The Bertz CT molecular complexity index is 739. The van der Waals surface area contributed by atoms with Crippen LogP contribution in [0.15, 0.2) is 42.5 Å². The summed E-state index contributed by atoms with van der Waals surface area (Å²) in [6.07, 6.45) is 0.588. The van der Waals surface area contributed by atoms with E-state index in [1.54, 1.807) is 23.5 Å². The number of benzene rings is 2. The zero-order valence-corrected chi connectivity index (χ0v) is 12.4. The Morgan fingerprint density at radius 3 is 2.81 bits per heavy atom. The summed E-state index contributed by atoms with van der Waals surface area (Å²) in [6, 6.07) is 12.5. The summed E-state index contributed by atoms with van der Waals surface area (Å²) in [4.78, 5) is 4.55. The number of aromatic nitrogens is 1. The highest BCUT2D eigenvalue weighted by Crippen LogP contribution is 2.27. The second-order valence-electron chi connectivity index (χ2n) is 4.78. The van der Waals surface area contributed by atoms with Crippen molar-refractivity contribution in [2.45, 2.75) is 12.5 Å². The fourth-order valence-electron chi connectivity index (χ4n) is 2.23. The molecule has 2 N–H and O–H groups in total. The van der Waals surface area contributed by atoms with Crippen LogP contribution < -0.4 is 10.5 Å². The van der Waals surface area contributed by atoms with E-state index >= 15 is 0 Å². The first kappa shape index (κ1) is 14.0. The van der Waals surface area contributed by atoms with Crippen molar-refractivity contribution in [3.05, 3.63) is 58.9 Å². The number of para-hydroxylation sites is 1. The van der Waals surface area contributed by atoms with Gasteiger partial charge in [-0.1, -0.05) is 18.2 Å². The zero-order chi connectivity index (χ0) is 14.8. The molecular formula is C16H15FN2OS. The molecule has 0 bridgehead atoms. The van der Waals surface area contributed by atoms with E-state index in [1.807, 2.05) is 24.3 Å². The Kier molecular flexibility index (Phi) is 3.86. The molecule has 0 radical (unpaired) electrons. The first-order valence-corrected chi connectivity index (χ1v) is 7.42. The number of methoxy groups -OCH3 is 1. The molecule has 3 nitrogen and oxygen atoms in total. The summed E-state index contributed by atoms with van der Waals surface area (Å²) in [5, 5.41) is 0.958. The molecule has 3 aromatic rings. The summed E-state index contributed by atoms with van der Waals surface area (Å²) in [7, 11) is 1.44. The van der Waals surface area contributed by atoms with Gasteiger partial charge in [-0.3, -0.25) is 0 Å². The average Bonchev–Trinajstić information content (AvgIpc) is 2.89. The first-order valence-electron chi connectivity index (χ1n) is 6.61. The maximum atomic E-state index is 13.7. The van der Waals surface area contributed by atoms with Crippen molar-refractivity contribution in [2.75, 3.05) is 7.11 Å². The fraction of sp³-hybridized carbons (Fsp3) is 0.188. The molecule has 0 amide bonds. The third-order valence-electron chi connectivity index (χ3n) is 3.34. The van der Waals surface area contributed by atoms with Crippen LogP contribution in [0.2, 0.25) is 0 Å². The van der Waals surface area contributed by atoms with Gasteiger partial charge in [0.15, 0.2) is 11.6 Å². The summed E-state index contributed by atoms with van der Waals surface area (Å²) in [5.74, 6) is -0.166. The number of hydrogen-bond acceptors (Lipinski definition) is 4. The molecule has 1 aromatic heterocycles. The predicted octanol–water partition coefficient (Wildman–Crippen LogP) is 3.69. The van der Waals surface area contributed by atoms with Crippen molar-refractivity contribution in [2.24, 2.45) is 5.73 Å². The van der Waals surface area contributed by atoms with E-state index in [2.05, 4.69) is 4.98 Å². The molecule has 1 atom stereocenters. The van der Waals surface area contributed by atoms with Crippen molar-refractivity contribution in [3.63, 3.8) is 0 Å². The van der Waals surface area contributed by atoms with Gasteiger partial charge in [0.1, 0.15) is 0 Å². The van der Waals surface area contributed by atoms with Crippen LogP contribution in [0.4, 0.5) is 4.39 Å². The minimum Gasteiger partial charge on any atom is -0.494 e. The second-order valence-corrected chi connectivity index (χ2v) is 5.90. The maximum absolute atomic E-state index is 13.7. The first-order chi connectivity index (χ1) is 10.2.